The molecule has 1 atom stereocenters. The summed E-state index contributed by atoms with van der Waals surface area (Å²) < 4.78 is 36.0. The lowest BCUT2D eigenvalue weighted by molar-refractivity contribution is -0.117. The maximum Gasteiger partial charge on any atom is 0.253 e. The molecular weight excluding hydrogens is 498 g/mol. The van der Waals surface area contributed by atoms with Crippen molar-refractivity contribution in [2.24, 2.45) is 0 Å². The summed E-state index contributed by atoms with van der Waals surface area (Å²) in [6.07, 6.45) is 0. The Bertz CT molecular complexity index is 1460. The van der Waals surface area contributed by atoms with E-state index in [1.807, 2.05) is 37.3 Å². The lowest BCUT2D eigenvalue weighted by Gasteiger charge is -2.21. The Morgan fingerprint density at radius 2 is 1.69 bits per heavy atom. The molecule has 4 aromatic rings. The Hall–Kier alpha value is -3.63. The number of carbonyl (C=O) groups is 1. The van der Waals surface area contributed by atoms with Gasteiger partial charge in [0.2, 0.25) is 0 Å². The fourth-order valence-corrected chi connectivity index (χ4v) is 5.47. The van der Waals surface area contributed by atoms with E-state index < -0.39 is 15.9 Å². The molecule has 0 aliphatic heterocycles. The molecule has 2 N–H and O–H groups in total. The minimum absolute atomic E-state index is 0.00486. The van der Waals surface area contributed by atoms with E-state index >= 15 is 0 Å². The average molecular weight is 526 g/mol. The van der Waals surface area contributed by atoms with Crippen LogP contribution >= 0.6 is 11.3 Å². The third-order valence-corrected chi connectivity index (χ3v) is 8.47. The third kappa shape index (κ3) is 5.29. The Morgan fingerprint density at radius 3 is 2.33 bits per heavy atom. The molecule has 188 valence electrons. The molecule has 0 bridgehead atoms. The number of carbonyl (C=O) groups excluding carboxylic acids is 1. The minimum atomic E-state index is -3.35. The standard InChI is InChI=1S/C26H27N3O5S2/c1-5-36(31,32)18-12-10-17(11-13-18)24(27-19-9-7-6-8-16(19)2)25(30)29-26-28-20-14-21(33-3)22(34-4)15-23(20)35-26/h6-15,24,27H,5H2,1-4H3,(H,28,29,30). The van der Waals surface area contributed by atoms with E-state index in [0.29, 0.717) is 27.7 Å². The van der Waals surface area contributed by atoms with Gasteiger partial charge in [-0.3, -0.25) is 10.1 Å². The normalized spacial score (nSPS) is 12.2. The predicted octanol–water partition coefficient (Wildman–Crippen LogP) is 5.21. The largest absolute Gasteiger partial charge is 0.493 e. The lowest BCUT2D eigenvalue weighted by atomic mass is 10.0. The first-order valence-corrected chi connectivity index (χ1v) is 13.7. The number of thiazole rings is 1. The van der Waals surface area contributed by atoms with Crippen molar-refractivity contribution in [3.8, 4) is 11.5 Å². The van der Waals surface area contributed by atoms with Crippen molar-refractivity contribution < 1.29 is 22.7 Å². The maximum atomic E-state index is 13.5. The van der Waals surface area contributed by atoms with Crippen LogP contribution in [0, 0.1) is 6.92 Å². The number of hydrogen-bond acceptors (Lipinski definition) is 8. The van der Waals surface area contributed by atoms with Gasteiger partial charge in [-0.2, -0.15) is 0 Å². The number of nitrogens with one attached hydrogen (secondary N) is 2. The van der Waals surface area contributed by atoms with Crippen molar-refractivity contribution >= 4 is 48.1 Å². The van der Waals surface area contributed by atoms with Gasteiger partial charge in [-0.1, -0.05) is 48.6 Å². The van der Waals surface area contributed by atoms with Crippen LogP contribution in [0.25, 0.3) is 10.2 Å². The summed E-state index contributed by atoms with van der Waals surface area (Å²) in [5.41, 5.74) is 3.06. The molecule has 1 amide bonds. The number of aryl methyl sites for hydroxylation is 1. The molecule has 0 aliphatic carbocycles. The second-order valence-corrected chi connectivity index (χ2v) is 11.4. The van der Waals surface area contributed by atoms with Crippen molar-refractivity contribution in [1.29, 1.82) is 0 Å². The summed E-state index contributed by atoms with van der Waals surface area (Å²) in [4.78, 5) is 18.3. The van der Waals surface area contributed by atoms with Gasteiger partial charge in [0, 0.05) is 17.8 Å². The summed E-state index contributed by atoms with van der Waals surface area (Å²) >= 11 is 1.32. The van der Waals surface area contributed by atoms with Crippen molar-refractivity contribution in [3.63, 3.8) is 0 Å². The summed E-state index contributed by atoms with van der Waals surface area (Å²) in [5.74, 6) is 0.801. The molecule has 1 heterocycles. The van der Waals surface area contributed by atoms with Crippen LogP contribution in [-0.2, 0) is 14.6 Å². The topological polar surface area (TPSA) is 107 Å². The Labute approximate surface area is 214 Å². The maximum absolute atomic E-state index is 13.5. The highest BCUT2D eigenvalue weighted by Crippen LogP contribution is 2.36. The Morgan fingerprint density at radius 1 is 1.03 bits per heavy atom. The SMILES string of the molecule is CCS(=O)(=O)c1ccc(C(Nc2ccccc2C)C(=O)Nc2nc3cc(OC)c(OC)cc3s2)cc1. The van der Waals surface area contributed by atoms with E-state index in [1.54, 1.807) is 39.3 Å². The summed E-state index contributed by atoms with van der Waals surface area (Å²) in [6.45, 7) is 3.55. The van der Waals surface area contributed by atoms with E-state index in [2.05, 4.69) is 15.6 Å². The minimum Gasteiger partial charge on any atom is -0.493 e. The van der Waals surface area contributed by atoms with E-state index in [-0.39, 0.29) is 16.6 Å². The lowest BCUT2D eigenvalue weighted by Crippen LogP contribution is -2.27. The number of methoxy groups -OCH3 is 2. The Balaban J connectivity index is 1.67. The van der Waals surface area contributed by atoms with Crippen LogP contribution in [0.15, 0.2) is 65.6 Å². The number of aromatic nitrogens is 1. The monoisotopic (exact) mass is 525 g/mol. The van der Waals surface area contributed by atoms with Crippen molar-refractivity contribution in [3.05, 3.63) is 71.8 Å². The molecule has 10 heteroatoms. The molecule has 0 saturated carbocycles. The number of nitrogens with zero attached hydrogens (tertiary/aromatic N) is 1. The van der Waals surface area contributed by atoms with E-state index in [9.17, 15) is 13.2 Å². The van der Waals surface area contributed by atoms with Gasteiger partial charge in [-0.15, -0.1) is 0 Å². The number of ether oxygens (including phenoxy) is 2. The first-order valence-electron chi connectivity index (χ1n) is 11.2. The number of rotatable bonds is 9. The first-order chi connectivity index (χ1) is 17.2. The van der Waals surface area contributed by atoms with Crippen molar-refractivity contribution in [2.45, 2.75) is 24.8 Å². The zero-order valence-electron chi connectivity index (χ0n) is 20.4. The number of benzene rings is 3. The molecule has 8 nitrogen and oxygen atoms in total. The predicted molar refractivity (Wildman–Crippen MR) is 143 cm³/mol. The molecule has 36 heavy (non-hydrogen) atoms. The molecule has 4 rings (SSSR count). The van der Waals surface area contributed by atoms with Crippen LogP contribution in [0.1, 0.15) is 24.1 Å². The summed E-state index contributed by atoms with van der Waals surface area (Å²) in [6, 6.07) is 16.8. The van der Waals surface area contributed by atoms with Crippen molar-refractivity contribution in [2.75, 3.05) is 30.6 Å². The molecule has 0 aliphatic rings. The van der Waals surface area contributed by atoms with Crippen LogP contribution in [0.5, 0.6) is 11.5 Å². The van der Waals surface area contributed by atoms with Gasteiger partial charge in [-0.05, 0) is 36.2 Å². The average Bonchev–Trinajstić information content (AvgIpc) is 3.28. The molecule has 3 aromatic carbocycles. The second kappa shape index (κ2) is 10.5. The second-order valence-electron chi connectivity index (χ2n) is 8.05. The first kappa shape index (κ1) is 25.5. The quantitative estimate of drug-likeness (QED) is 0.309. The summed E-state index contributed by atoms with van der Waals surface area (Å²) in [5, 5.41) is 6.63. The van der Waals surface area contributed by atoms with Gasteiger partial charge in [0.05, 0.1) is 35.1 Å². The molecule has 0 fully saturated rings. The highest BCUT2D eigenvalue weighted by atomic mass is 32.2. The fourth-order valence-electron chi connectivity index (χ4n) is 3.71. The number of amides is 1. The van der Waals surface area contributed by atoms with Gasteiger partial charge in [0.1, 0.15) is 6.04 Å². The molecule has 1 unspecified atom stereocenters. The third-order valence-electron chi connectivity index (χ3n) is 5.78. The Kier molecular flexibility index (Phi) is 7.46. The van der Waals surface area contributed by atoms with Crippen LogP contribution in [0.4, 0.5) is 10.8 Å². The summed E-state index contributed by atoms with van der Waals surface area (Å²) in [7, 11) is -0.236. The molecule has 0 spiro atoms. The fraction of sp³-hybridized carbons (Fsp3) is 0.231. The van der Waals surface area contributed by atoms with Gasteiger partial charge >= 0.3 is 0 Å². The van der Waals surface area contributed by atoms with Crippen molar-refractivity contribution in [1.82, 2.24) is 4.98 Å². The zero-order valence-corrected chi connectivity index (χ0v) is 22.0. The number of anilines is 2. The van der Waals surface area contributed by atoms with Gasteiger partial charge < -0.3 is 14.8 Å². The molecular formula is C26H27N3O5S2. The smallest absolute Gasteiger partial charge is 0.253 e. The molecule has 0 saturated heterocycles. The van der Waals surface area contributed by atoms with E-state index in [1.165, 1.54) is 23.5 Å². The van der Waals surface area contributed by atoms with E-state index in [0.717, 1.165) is 16.0 Å². The zero-order chi connectivity index (χ0) is 25.9. The highest BCUT2D eigenvalue weighted by molar-refractivity contribution is 7.91. The van der Waals surface area contributed by atoms with Gasteiger partial charge in [0.25, 0.3) is 5.91 Å². The van der Waals surface area contributed by atoms with E-state index in [4.69, 9.17) is 9.47 Å². The number of hydrogen-bond donors (Lipinski definition) is 2. The number of fused-ring (bicyclic) bond motifs is 1. The van der Waals surface area contributed by atoms with Crippen LogP contribution in [0.2, 0.25) is 0 Å². The molecule has 1 aromatic heterocycles. The van der Waals surface area contributed by atoms with Gasteiger partial charge in [-0.25, -0.2) is 13.4 Å². The van der Waals surface area contributed by atoms with Gasteiger partial charge in [0.15, 0.2) is 26.5 Å². The number of sulfone groups is 1. The van der Waals surface area contributed by atoms with Crippen LogP contribution < -0.4 is 20.1 Å². The van der Waals surface area contributed by atoms with Crippen LogP contribution in [0.3, 0.4) is 0 Å². The van der Waals surface area contributed by atoms with Crippen LogP contribution in [-0.4, -0.2) is 39.3 Å². The molecule has 0 radical (unpaired) electrons. The number of para-hydroxylation sites is 1. The highest BCUT2D eigenvalue weighted by Gasteiger charge is 2.24.